The number of fused-ring (bicyclic) bond motifs is 1. The Hall–Kier alpha value is -3.16. The van der Waals surface area contributed by atoms with Crippen molar-refractivity contribution in [1.29, 1.82) is 0 Å². The van der Waals surface area contributed by atoms with Gasteiger partial charge < -0.3 is 15.8 Å². The van der Waals surface area contributed by atoms with Crippen LogP contribution < -0.4 is 15.8 Å². The Balaban J connectivity index is 1.53. The maximum Gasteiger partial charge on any atom is 0.254 e. The van der Waals surface area contributed by atoms with E-state index in [0.717, 1.165) is 34.7 Å². The van der Waals surface area contributed by atoms with E-state index < -0.39 is 0 Å². The van der Waals surface area contributed by atoms with Gasteiger partial charge in [-0.15, -0.1) is 5.10 Å². The predicted octanol–water partition coefficient (Wildman–Crippen LogP) is 1.62. The van der Waals surface area contributed by atoms with Crippen LogP contribution in [-0.4, -0.2) is 39.1 Å². The second kappa shape index (κ2) is 8.03. The molecule has 8 nitrogen and oxygen atoms in total. The second-order valence-electron chi connectivity index (χ2n) is 6.39. The van der Waals surface area contributed by atoms with Gasteiger partial charge in [0.05, 0.1) is 7.11 Å². The molecule has 0 spiro atoms. The lowest BCUT2D eigenvalue weighted by Crippen LogP contribution is -2.26. The topological polar surface area (TPSA) is 107 Å². The van der Waals surface area contributed by atoms with Crippen LogP contribution in [0.25, 0.3) is 5.78 Å². The van der Waals surface area contributed by atoms with Crippen LogP contribution in [0.1, 0.15) is 28.9 Å². The number of benzene rings is 1. The van der Waals surface area contributed by atoms with Gasteiger partial charge >= 0.3 is 0 Å². The summed E-state index contributed by atoms with van der Waals surface area (Å²) in [6, 6.07) is 7.84. The van der Waals surface area contributed by atoms with Gasteiger partial charge in [0.15, 0.2) is 0 Å². The molecular formula is C19H24N6O2. The highest BCUT2D eigenvalue weighted by Crippen LogP contribution is 2.16. The number of nitrogens with zero attached hydrogens (tertiary/aromatic N) is 4. The van der Waals surface area contributed by atoms with Gasteiger partial charge in [0.2, 0.25) is 11.9 Å². The summed E-state index contributed by atoms with van der Waals surface area (Å²) >= 11 is 0. The summed E-state index contributed by atoms with van der Waals surface area (Å²) < 4.78 is 6.77. The van der Waals surface area contributed by atoms with Crippen LogP contribution in [0.5, 0.6) is 5.75 Å². The fourth-order valence-corrected chi connectivity index (χ4v) is 3.05. The number of nitrogens with two attached hydrogens (primary N) is 1. The van der Waals surface area contributed by atoms with Crippen LogP contribution in [-0.2, 0) is 17.6 Å². The van der Waals surface area contributed by atoms with Crippen LogP contribution in [0, 0.1) is 13.8 Å². The standard InChI is InChI=1S/C19H24N6O2/c1-12-16(13(2)25-19(22-12)23-18(20)24-25)8-9-17(26)21-11-10-14-4-6-15(27-3)7-5-14/h4-7H,8-11H2,1-3H3,(H2,20,24)(H,21,26). The van der Waals surface area contributed by atoms with Crippen LogP contribution in [0.15, 0.2) is 24.3 Å². The van der Waals surface area contributed by atoms with E-state index in [4.69, 9.17) is 10.5 Å². The number of amides is 1. The van der Waals surface area contributed by atoms with E-state index in [0.29, 0.717) is 25.2 Å². The molecule has 142 valence electrons. The van der Waals surface area contributed by atoms with Crippen LogP contribution in [0.3, 0.4) is 0 Å². The second-order valence-corrected chi connectivity index (χ2v) is 6.39. The van der Waals surface area contributed by atoms with Gasteiger partial charge in [-0.3, -0.25) is 4.79 Å². The summed E-state index contributed by atoms with van der Waals surface area (Å²) in [6.07, 6.45) is 1.76. The number of anilines is 1. The van der Waals surface area contributed by atoms with Crippen molar-refractivity contribution in [3.8, 4) is 5.75 Å². The maximum atomic E-state index is 12.2. The summed E-state index contributed by atoms with van der Waals surface area (Å²) in [5.74, 6) is 1.52. The first kappa shape index (κ1) is 18.6. The number of carbonyl (C=O) groups is 1. The van der Waals surface area contributed by atoms with E-state index in [9.17, 15) is 4.79 Å². The lowest BCUT2D eigenvalue weighted by Gasteiger charge is -2.10. The number of rotatable bonds is 7. The van der Waals surface area contributed by atoms with Crippen molar-refractivity contribution >= 4 is 17.6 Å². The van der Waals surface area contributed by atoms with Crippen molar-refractivity contribution in [2.24, 2.45) is 0 Å². The summed E-state index contributed by atoms with van der Waals surface area (Å²) in [6.45, 7) is 4.45. The molecule has 0 aliphatic rings. The average molecular weight is 368 g/mol. The number of aromatic nitrogens is 4. The Bertz CT molecular complexity index is 949. The summed E-state index contributed by atoms with van der Waals surface area (Å²) in [5.41, 5.74) is 9.55. The number of aryl methyl sites for hydroxylation is 2. The first-order valence-corrected chi connectivity index (χ1v) is 8.86. The summed E-state index contributed by atoms with van der Waals surface area (Å²) in [7, 11) is 1.64. The molecule has 0 saturated heterocycles. The van der Waals surface area contributed by atoms with Gasteiger partial charge in [0.25, 0.3) is 5.78 Å². The molecule has 3 aromatic rings. The fraction of sp³-hybridized carbons (Fsp3) is 0.368. The van der Waals surface area contributed by atoms with Gasteiger partial charge in [-0.2, -0.15) is 9.50 Å². The van der Waals surface area contributed by atoms with Crippen molar-refractivity contribution in [1.82, 2.24) is 24.9 Å². The Morgan fingerprint density at radius 1 is 1.19 bits per heavy atom. The fourth-order valence-electron chi connectivity index (χ4n) is 3.05. The van der Waals surface area contributed by atoms with E-state index in [1.54, 1.807) is 11.6 Å². The molecule has 0 bridgehead atoms. The Morgan fingerprint density at radius 2 is 1.93 bits per heavy atom. The number of carbonyl (C=O) groups excluding carboxylic acids is 1. The van der Waals surface area contributed by atoms with Gasteiger partial charge in [0, 0.05) is 24.4 Å². The van der Waals surface area contributed by atoms with Gasteiger partial charge in [0.1, 0.15) is 5.75 Å². The highest BCUT2D eigenvalue weighted by molar-refractivity contribution is 5.76. The molecule has 0 saturated carbocycles. The zero-order valence-electron chi connectivity index (χ0n) is 15.8. The highest BCUT2D eigenvalue weighted by atomic mass is 16.5. The van der Waals surface area contributed by atoms with Crippen LogP contribution >= 0.6 is 0 Å². The van der Waals surface area contributed by atoms with Gasteiger partial charge in [-0.1, -0.05) is 12.1 Å². The van der Waals surface area contributed by atoms with Crippen molar-refractivity contribution < 1.29 is 9.53 Å². The molecule has 0 unspecified atom stereocenters. The first-order valence-electron chi connectivity index (χ1n) is 8.86. The smallest absolute Gasteiger partial charge is 0.254 e. The van der Waals surface area contributed by atoms with E-state index in [2.05, 4.69) is 20.4 Å². The molecule has 0 radical (unpaired) electrons. The van der Waals surface area contributed by atoms with Crippen molar-refractivity contribution in [3.05, 3.63) is 46.8 Å². The number of nitrogen functional groups attached to an aromatic ring is 1. The molecule has 2 aromatic heterocycles. The van der Waals surface area contributed by atoms with Gasteiger partial charge in [-0.25, -0.2) is 4.98 Å². The zero-order chi connectivity index (χ0) is 19.4. The number of nitrogens with one attached hydrogen (secondary N) is 1. The molecule has 0 fully saturated rings. The third-order valence-corrected chi connectivity index (χ3v) is 4.56. The van der Waals surface area contributed by atoms with E-state index in [-0.39, 0.29) is 11.9 Å². The first-order chi connectivity index (χ1) is 13.0. The molecule has 0 atom stereocenters. The Morgan fingerprint density at radius 3 is 2.63 bits per heavy atom. The Kier molecular flexibility index (Phi) is 5.54. The number of methoxy groups -OCH3 is 1. The average Bonchev–Trinajstić information content (AvgIpc) is 3.02. The lowest BCUT2D eigenvalue weighted by molar-refractivity contribution is -0.121. The SMILES string of the molecule is COc1ccc(CCNC(=O)CCc2c(C)nc3nc(N)nn3c2C)cc1. The third kappa shape index (κ3) is 4.33. The summed E-state index contributed by atoms with van der Waals surface area (Å²) in [5, 5.41) is 7.11. The quantitative estimate of drug-likeness (QED) is 0.656. The minimum Gasteiger partial charge on any atom is -0.497 e. The minimum absolute atomic E-state index is 0.0144. The molecule has 0 aliphatic carbocycles. The minimum atomic E-state index is 0.0144. The van der Waals surface area contributed by atoms with E-state index in [1.807, 2.05) is 38.1 Å². The molecule has 3 N–H and O–H groups in total. The molecule has 8 heteroatoms. The molecular weight excluding hydrogens is 344 g/mol. The number of hydrogen-bond acceptors (Lipinski definition) is 6. The zero-order valence-corrected chi connectivity index (χ0v) is 15.8. The van der Waals surface area contributed by atoms with Crippen molar-refractivity contribution in [3.63, 3.8) is 0 Å². The maximum absolute atomic E-state index is 12.2. The number of hydrogen-bond donors (Lipinski definition) is 2. The van der Waals surface area contributed by atoms with Crippen LogP contribution in [0.2, 0.25) is 0 Å². The summed E-state index contributed by atoms with van der Waals surface area (Å²) in [4.78, 5) is 20.7. The highest BCUT2D eigenvalue weighted by Gasteiger charge is 2.13. The molecule has 1 amide bonds. The van der Waals surface area contributed by atoms with Crippen molar-refractivity contribution in [2.75, 3.05) is 19.4 Å². The van der Waals surface area contributed by atoms with Crippen molar-refractivity contribution in [2.45, 2.75) is 33.1 Å². The molecule has 0 aliphatic heterocycles. The molecule has 2 heterocycles. The molecule has 1 aromatic carbocycles. The molecule has 3 rings (SSSR count). The number of ether oxygens (including phenoxy) is 1. The third-order valence-electron chi connectivity index (χ3n) is 4.56. The van der Waals surface area contributed by atoms with Gasteiger partial charge in [-0.05, 0) is 49.9 Å². The largest absolute Gasteiger partial charge is 0.497 e. The lowest BCUT2D eigenvalue weighted by atomic mass is 10.1. The monoisotopic (exact) mass is 368 g/mol. The normalized spacial score (nSPS) is 10.9. The Labute approximate surface area is 157 Å². The van der Waals surface area contributed by atoms with E-state index in [1.165, 1.54) is 0 Å². The van der Waals surface area contributed by atoms with E-state index >= 15 is 0 Å². The van der Waals surface area contributed by atoms with Crippen LogP contribution in [0.4, 0.5) is 5.95 Å². The predicted molar refractivity (Wildman–Crippen MR) is 103 cm³/mol. The molecule has 27 heavy (non-hydrogen) atoms.